The molecule has 0 spiro atoms. The van der Waals surface area contributed by atoms with Gasteiger partial charge in [-0.1, -0.05) is 24.3 Å². The summed E-state index contributed by atoms with van der Waals surface area (Å²) < 4.78 is 6.99. The van der Waals surface area contributed by atoms with E-state index in [0.29, 0.717) is 23.5 Å². The summed E-state index contributed by atoms with van der Waals surface area (Å²) in [6.45, 7) is 1.78. The minimum Gasteiger partial charge on any atom is -0.496 e. The number of ether oxygens (including phenoxy) is 1. The molecule has 0 unspecified atom stereocenters. The van der Waals surface area contributed by atoms with E-state index in [2.05, 4.69) is 10.3 Å². The molecule has 1 aliphatic heterocycles. The van der Waals surface area contributed by atoms with Crippen LogP contribution in [0.5, 0.6) is 5.75 Å². The van der Waals surface area contributed by atoms with Crippen molar-refractivity contribution in [3.05, 3.63) is 65.7 Å². The normalized spacial score (nSPS) is 13.7. The van der Waals surface area contributed by atoms with Crippen LogP contribution in [0.2, 0.25) is 0 Å². The maximum absolute atomic E-state index is 12.9. The average molecular weight is 378 g/mol. The van der Waals surface area contributed by atoms with Gasteiger partial charge in [0, 0.05) is 31.4 Å². The molecule has 0 atom stereocenters. The zero-order valence-corrected chi connectivity index (χ0v) is 15.7. The van der Waals surface area contributed by atoms with E-state index in [4.69, 9.17) is 4.74 Å². The van der Waals surface area contributed by atoms with Gasteiger partial charge in [0.15, 0.2) is 5.69 Å². The predicted octanol–water partition coefficient (Wildman–Crippen LogP) is 2.51. The van der Waals surface area contributed by atoms with Gasteiger partial charge in [-0.2, -0.15) is 0 Å². The number of hydrogen-bond acceptors (Lipinski definition) is 4. The van der Waals surface area contributed by atoms with Crippen LogP contribution < -0.4 is 10.1 Å². The molecule has 3 heterocycles. The number of aromatic nitrogens is 2. The summed E-state index contributed by atoms with van der Waals surface area (Å²) in [6.07, 6.45) is 3.76. The highest BCUT2D eigenvalue weighted by atomic mass is 16.5. The molecule has 2 amide bonds. The molecule has 144 valence electrons. The molecule has 1 aromatic carbocycles. The molecule has 0 bridgehead atoms. The highest BCUT2D eigenvalue weighted by molar-refractivity contribution is 6.02. The Morgan fingerprint density at radius 3 is 2.64 bits per heavy atom. The van der Waals surface area contributed by atoms with E-state index in [1.165, 1.54) is 0 Å². The van der Waals surface area contributed by atoms with Crippen molar-refractivity contribution >= 4 is 17.3 Å². The van der Waals surface area contributed by atoms with Crippen molar-refractivity contribution in [3.63, 3.8) is 0 Å². The third-order valence-corrected chi connectivity index (χ3v) is 4.98. The maximum Gasteiger partial charge on any atom is 0.287 e. The van der Waals surface area contributed by atoms with Crippen molar-refractivity contribution < 1.29 is 14.3 Å². The van der Waals surface area contributed by atoms with E-state index < -0.39 is 0 Å². The third-order valence-electron chi connectivity index (χ3n) is 4.98. The number of benzene rings is 1. The quantitative estimate of drug-likeness (QED) is 0.740. The molecule has 1 N–H and O–H groups in total. The van der Waals surface area contributed by atoms with Crippen molar-refractivity contribution in [1.29, 1.82) is 0 Å². The van der Waals surface area contributed by atoms with E-state index in [1.54, 1.807) is 22.6 Å². The first-order valence-corrected chi connectivity index (χ1v) is 9.35. The molecule has 0 saturated carbocycles. The van der Waals surface area contributed by atoms with Gasteiger partial charge in [-0.05, 0) is 31.0 Å². The molecular weight excluding hydrogens is 356 g/mol. The number of amides is 2. The first-order chi connectivity index (χ1) is 13.7. The fourth-order valence-corrected chi connectivity index (χ4v) is 3.53. The van der Waals surface area contributed by atoms with Gasteiger partial charge in [-0.3, -0.25) is 14.0 Å². The van der Waals surface area contributed by atoms with Crippen LogP contribution in [-0.4, -0.2) is 46.3 Å². The molecule has 7 heteroatoms. The van der Waals surface area contributed by atoms with Crippen LogP contribution in [0.15, 0.2) is 48.7 Å². The van der Waals surface area contributed by atoms with Crippen LogP contribution >= 0.6 is 0 Å². The second-order valence-electron chi connectivity index (χ2n) is 6.73. The number of carbonyl (C=O) groups is 2. The highest BCUT2D eigenvalue weighted by Gasteiger charge is 2.26. The molecule has 1 fully saturated rings. The number of para-hydroxylation sites is 1. The van der Waals surface area contributed by atoms with Crippen molar-refractivity contribution in [1.82, 2.24) is 19.6 Å². The van der Waals surface area contributed by atoms with E-state index in [1.807, 2.05) is 42.5 Å². The summed E-state index contributed by atoms with van der Waals surface area (Å²) in [5.41, 5.74) is 1.83. The molecule has 7 nitrogen and oxygen atoms in total. The molecule has 4 rings (SSSR count). The first kappa shape index (κ1) is 18.0. The summed E-state index contributed by atoms with van der Waals surface area (Å²) in [7, 11) is 1.60. The number of nitrogens with zero attached hydrogens (tertiary/aromatic N) is 3. The lowest BCUT2D eigenvalue weighted by Gasteiger charge is -2.13. The smallest absolute Gasteiger partial charge is 0.287 e. The van der Waals surface area contributed by atoms with Crippen LogP contribution in [-0.2, 0) is 6.54 Å². The maximum atomic E-state index is 12.9. The van der Waals surface area contributed by atoms with Gasteiger partial charge in [-0.25, -0.2) is 4.98 Å². The number of hydrogen-bond donors (Lipinski definition) is 1. The van der Waals surface area contributed by atoms with Crippen LogP contribution in [0.4, 0.5) is 0 Å². The Morgan fingerprint density at radius 2 is 1.86 bits per heavy atom. The summed E-state index contributed by atoms with van der Waals surface area (Å²) in [5.74, 6) is 0.450. The molecule has 3 aromatic rings. The SMILES string of the molecule is COc1ccccc1CNC(=O)c1nc(C(=O)N2CCCC2)c2ccccn12. The number of imidazole rings is 1. The van der Waals surface area contributed by atoms with Gasteiger partial charge in [-0.15, -0.1) is 0 Å². The summed E-state index contributed by atoms with van der Waals surface area (Å²) in [6, 6.07) is 13.0. The number of fused-ring (bicyclic) bond motifs is 1. The minimum absolute atomic E-state index is 0.120. The second-order valence-corrected chi connectivity index (χ2v) is 6.73. The minimum atomic E-state index is -0.340. The van der Waals surface area contributed by atoms with E-state index in [0.717, 1.165) is 31.5 Å². The van der Waals surface area contributed by atoms with Crippen molar-refractivity contribution in [2.75, 3.05) is 20.2 Å². The van der Waals surface area contributed by atoms with Crippen LogP contribution in [0.25, 0.3) is 5.52 Å². The molecule has 1 aliphatic rings. The Balaban J connectivity index is 1.61. The van der Waals surface area contributed by atoms with Crippen molar-refractivity contribution in [2.45, 2.75) is 19.4 Å². The number of pyridine rings is 1. The lowest BCUT2D eigenvalue weighted by atomic mass is 10.2. The molecule has 0 aliphatic carbocycles. The summed E-state index contributed by atoms with van der Waals surface area (Å²) in [5, 5.41) is 2.88. The summed E-state index contributed by atoms with van der Waals surface area (Å²) >= 11 is 0. The summed E-state index contributed by atoms with van der Waals surface area (Å²) in [4.78, 5) is 31.9. The monoisotopic (exact) mass is 378 g/mol. The Hall–Kier alpha value is -3.35. The molecule has 2 aromatic heterocycles. The molecule has 0 radical (unpaired) electrons. The van der Waals surface area contributed by atoms with Gasteiger partial charge in [0.2, 0.25) is 5.82 Å². The number of carbonyl (C=O) groups excluding carboxylic acids is 2. The molecular formula is C21H22N4O3. The van der Waals surface area contributed by atoms with E-state index >= 15 is 0 Å². The standard InChI is InChI=1S/C21H22N4O3/c1-28-17-10-3-2-8-15(17)14-22-20(26)19-23-18(16-9-4-5-13-25(16)19)21(27)24-11-6-7-12-24/h2-5,8-10,13H,6-7,11-12,14H2,1H3,(H,22,26). The van der Waals surface area contributed by atoms with Gasteiger partial charge in [0.05, 0.1) is 12.6 Å². The van der Waals surface area contributed by atoms with Crippen molar-refractivity contribution in [3.8, 4) is 5.75 Å². The van der Waals surface area contributed by atoms with Crippen LogP contribution in [0, 0.1) is 0 Å². The lowest BCUT2D eigenvalue weighted by Crippen LogP contribution is -2.28. The topological polar surface area (TPSA) is 75.9 Å². The number of rotatable bonds is 5. The largest absolute Gasteiger partial charge is 0.496 e. The first-order valence-electron chi connectivity index (χ1n) is 9.35. The lowest BCUT2D eigenvalue weighted by molar-refractivity contribution is 0.0789. The molecule has 1 saturated heterocycles. The Bertz CT molecular complexity index is 1020. The number of methoxy groups -OCH3 is 1. The Labute approximate surface area is 162 Å². The number of likely N-dealkylation sites (tertiary alicyclic amines) is 1. The Morgan fingerprint density at radius 1 is 1.11 bits per heavy atom. The average Bonchev–Trinajstić information content (AvgIpc) is 3.40. The van der Waals surface area contributed by atoms with Crippen molar-refractivity contribution in [2.24, 2.45) is 0 Å². The van der Waals surface area contributed by atoms with Crippen LogP contribution in [0.1, 0.15) is 39.5 Å². The van der Waals surface area contributed by atoms with Gasteiger partial charge >= 0.3 is 0 Å². The van der Waals surface area contributed by atoms with E-state index in [-0.39, 0.29) is 17.6 Å². The van der Waals surface area contributed by atoms with Gasteiger partial charge < -0.3 is 15.0 Å². The van der Waals surface area contributed by atoms with E-state index in [9.17, 15) is 9.59 Å². The highest BCUT2D eigenvalue weighted by Crippen LogP contribution is 2.19. The molecule has 28 heavy (non-hydrogen) atoms. The van der Waals surface area contributed by atoms with Crippen LogP contribution in [0.3, 0.4) is 0 Å². The van der Waals surface area contributed by atoms with Gasteiger partial charge in [0.1, 0.15) is 5.75 Å². The fourth-order valence-electron chi connectivity index (χ4n) is 3.53. The zero-order valence-electron chi connectivity index (χ0n) is 15.7. The number of nitrogens with one attached hydrogen (secondary N) is 1. The fraction of sp³-hybridized carbons (Fsp3) is 0.286. The third kappa shape index (κ3) is 3.31. The zero-order chi connectivity index (χ0) is 19.5. The Kier molecular flexibility index (Phi) is 4.97. The second kappa shape index (κ2) is 7.72. The van der Waals surface area contributed by atoms with Gasteiger partial charge in [0.25, 0.3) is 11.8 Å². The predicted molar refractivity (Wildman–Crippen MR) is 104 cm³/mol.